The number of rotatable bonds is 8. The largest absolute Gasteiger partial charge is 0.462 e. The Morgan fingerprint density at radius 1 is 1.14 bits per heavy atom. The van der Waals surface area contributed by atoms with E-state index < -0.39 is 33.8 Å². The van der Waals surface area contributed by atoms with Gasteiger partial charge in [-0.05, 0) is 89.6 Å². The van der Waals surface area contributed by atoms with E-state index in [1.807, 2.05) is 0 Å². The second-order valence-corrected chi connectivity index (χ2v) is 11.1. The smallest absolute Gasteiger partial charge is 0.339 e. The molecule has 0 saturated carbocycles. The van der Waals surface area contributed by atoms with Gasteiger partial charge in [-0.15, -0.1) is 0 Å². The third kappa shape index (κ3) is 6.95. The maximum atomic E-state index is 12.6. The molecule has 10 nitrogen and oxygen atoms in total. The van der Waals surface area contributed by atoms with Crippen molar-refractivity contribution in [2.45, 2.75) is 31.8 Å². The van der Waals surface area contributed by atoms with Gasteiger partial charge in [0.05, 0.1) is 15.5 Å². The fourth-order valence-corrected chi connectivity index (χ4v) is 5.34. The summed E-state index contributed by atoms with van der Waals surface area (Å²) in [5.74, 6) is -1.61. The van der Waals surface area contributed by atoms with Gasteiger partial charge in [-0.2, -0.15) is 8.42 Å². The van der Waals surface area contributed by atoms with E-state index >= 15 is 0 Å². The lowest BCUT2D eigenvalue weighted by Gasteiger charge is -2.13. The molecule has 0 aromatic heterocycles. The van der Waals surface area contributed by atoms with Crippen molar-refractivity contribution in [3.63, 3.8) is 0 Å². The number of hydrogen-bond donors (Lipinski definition) is 1. The van der Waals surface area contributed by atoms with Crippen LogP contribution in [-0.4, -0.2) is 49.0 Å². The van der Waals surface area contributed by atoms with E-state index in [9.17, 15) is 27.6 Å². The zero-order valence-electron chi connectivity index (χ0n) is 19.3. The van der Waals surface area contributed by atoms with Gasteiger partial charge in [0.15, 0.2) is 5.75 Å². The van der Waals surface area contributed by atoms with Gasteiger partial charge in [-0.3, -0.25) is 24.1 Å². The first-order chi connectivity index (χ1) is 16.9. The number of carbonyl (C=O) groups excluding carboxylic acids is 4. The van der Waals surface area contributed by atoms with Gasteiger partial charge in [-0.25, -0.2) is 0 Å². The molecule has 0 unspecified atom stereocenters. The van der Waals surface area contributed by atoms with Crippen LogP contribution in [0.3, 0.4) is 0 Å². The number of nitrogens with one attached hydrogen (secondary N) is 1. The van der Waals surface area contributed by atoms with Crippen LogP contribution in [-0.2, 0) is 29.2 Å². The summed E-state index contributed by atoms with van der Waals surface area (Å²) in [6, 6.07) is 9.90. The molecule has 1 heterocycles. The molecule has 190 valence electrons. The highest BCUT2D eigenvalue weighted by atomic mass is 79.9. The average Bonchev–Trinajstić information content (AvgIpc) is 3.02. The van der Waals surface area contributed by atoms with Crippen molar-refractivity contribution in [2.75, 3.05) is 11.9 Å². The summed E-state index contributed by atoms with van der Waals surface area (Å²) in [5, 5.41) is 1.95. The number of imide groups is 1. The minimum atomic E-state index is -4.17. The van der Waals surface area contributed by atoms with Gasteiger partial charge >= 0.3 is 16.1 Å². The zero-order chi connectivity index (χ0) is 26.6. The Labute approximate surface area is 220 Å². The number of benzene rings is 2. The van der Waals surface area contributed by atoms with Crippen LogP contribution >= 0.6 is 27.7 Å². The van der Waals surface area contributed by atoms with Gasteiger partial charge in [-0.1, -0.05) is 6.07 Å². The lowest BCUT2D eigenvalue weighted by Crippen LogP contribution is -2.35. The highest BCUT2D eigenvalue weighted by Crippen LogP contribution is 2.34. The van der Waals surface area contributed by atoms with Crippen LogP contribution in [0.5, 0.6) is 5.75 Å². The first kappa shape index (κ1) is 27.4. The molecule has 0 atom stereocenters. The number of carbonyl (C=O) groups is 4. The molecule has 1 fully saturated rings. The molecule has 3 rings (SSSR count). The molecule has 1 saturated heterocycles. The maximum Gasteiger partial charge on any atom is 0.339 e. The van der Waals surface area contributed by atoms with Crippen LogP contribution in [0.25, 0.3) is 6.08 Å². The van der Waals surface area contributed by atoms with E-state index in [0.717, 1.165) is 4.90 Å². The first-order valence-electron chi connectivity index (χ1n) is 10.4. The summed E-state index contributed by atoms with van der Waals surface area (Å²) in [4.78, 5) is 48.5. The van der Waals surface area contributed by atoms with Crippen LogP contribution < -0.4 is 9.50 Å². The van der Waals surface area contributed by atoms with E-state index in [1.165, 1.54) is 55.5 Å². The molecular formula is C23H21BrN2O8S2. The molecule has 2 aromatic carbocycles. The molecule has 0 bridgehead atoms. The number of halogens is 1. The van der Waals surface area contributed by atoms with Crippen LogP contribution in [0.4, 0.5) is 10.5 Å². The second kappa shape index (κ2) is 11.3. The van der Waals surface area contributed by atoms with Crippen LogP contribution in [0.15, 0.2) is 56.7 Å². The van der Waals surface area contributed by atoms with Crippen LogP contribution in [0.2, 0.25) is 0 Å². The number of amides is 3. The molecule has 1 aliphatic heterocycles. The summed E-state index contributed by atoms with van der Waals surface area (Å²) in [6.45, 7) is 4.17. The highest BCUT2D eigenvalue weighted by molar-refractivity contribution is 9.10. The lowest BCUT2D eigenvalue weighted by atomic mass is 10.2. The van der Waals surface area contributed by atoms with Crippen molar-refractivity contribution in [2.24, 2.45) is 0 Å². The predicted octanol–water partition coefficient (Wildman–Crippen LogP) is 4.16. The van der Waals surface area contributed by atoms with Crippen molar-refractivity contribution >= 4 is 72.6 Å². The normalized spacial score (nSPS) is 14.9. The van der Waals surface area contributed by atoms with Gasteiger partial charge in [0.25, 0.3) is 11.1 Å². The molecule has 13 heteroatoms. The van der Waals surface area contributed by atoms with Crippen LogP contribution in [0, 0.1) is 0 Å². The van der Waals surface area contributed by atoms with E-state index in [4.69, 9.17) is 8.92 Å². The van der Waals surface area contributed by atoms with Crippen molar-refractivity contribution in [1.82, 2.24) is 4.90 Å². The SMILES string of the molecule is CC(=O)Nc1ccc(S(=O)(=O)Oc2ccc(/C=C3\SC(=O)N(CC(=O)OC(C)C)C3=O)cc2Br)cc1. The number of esters is 1. The molecule has 0 aliphatic carbocycles. The number of hydrogen-bond acceptors (Lipinski definition) is 9. The fraction of sp³-hybridized carbons (Fsp3) is 0.217. The average molecular weight is 597 g/mol. The van der Waals surface area contributed by atoms with Crippen molar-refractivity contribution < 1.29 is 36.5 Å². The number of nitrogens with zero attached hydrogens (tertiary/aromatic N) is 1. The third-order valence-electron chi connectivity index (χ3n) is 4.44. The zero-order valence-corrected chi connectivity index (χ0v) is 22.5. The summed E-state index contributed by atoms with van der Waals surface area (Å²) in [7, 11) is -4.17. The van der Waals surface area contributed by atoms with Crippen molar-refractivity contribution in [3.8, 4) is 5.75 Å². The predicted molar refractivity (Wildman–Crippen MR) is 137 cm³/mol. The Bertz CT molecular complexity index is 1350. The minimum Gasteiger partial charge on any atom is -0.462 e. The lowest BCUT2D eigenvalue weighted by molar-refractivity contribution is -0.149. The van der Waals surface area contributed by atoms with Crippen molar-refractivity contribution in [3.05, 3.63) is 57.4 Å². The molecule has 36 heavy (non-hydrogen) atoms. The van der Waals surface area contributed by atoms with Gasteiger partial charge < -0.3 is 14.2 Å². The fourth-order valence-electron chi connectivity index (χ4n) is 2.97. The Balaban J connectivity index is 1.73. The topological polar surface area (TPSA) is 136 Å². The summed E-state index contributed by atoms with van der Waals surface area (Å²) in [6.07, 6.45) is 1.07. The van der Waals surface area contributed by atoms with E-state index in [2.05, 4.69) is 21.2 Å². The monoisotopic (exact) mass is 596 g/mol. The Morgan fingerprint density at radius 3 is 2.39 bits per heavy atom. The number of ether oxygens (including phenoxy) is 1. The maximum absolute atomic E-state index is 12.6. The molecule has 1 aliphatic rings. The molecule has 1 N–H and O–H groups in total. The Hall–Kier alpha value is -3.16. The first-order valence-corrected chi connectivity index (χ1v) is 13.4. The highest BCUT2D eigenvalue weighted by Gasteiger charge is 2.36. The molecular weight excluding hydrogens is 576 g/mol. The standard InChI is InChI=1S/C23H21BrN2O8S2/c1-13(2)33-21(28)12-26-22(29)20(35-23(26)30)11-15-4-9-19(18(24)10-15)34-36(31,32)17-7-5-16(6-8-17)25-14(3)27/h4-11,13H,12H2,1-3H3,(H,25,27)/b20-11-. The minimum absolute atomic E-state index is 0.00243. The summed E-state index contributed by atoms with van der Waals surface area (Å²) >= 11 is 3.94. The Morgan fingerprint density at radius 2 is 1.81 bits per heavy atom. The quantitative estimate of drug-likeness (QED) is 0.270. The van der Waals surface area contributed by atoms with Gasteiger partial charge in [0.2, 0.25) is 5.91 Å². The van der Waals surface area contributed by atoms with Crippen molar-refractivity contribution in [1.29, 1.82) is 0 Å². The molecule has 0 spiro atoms. The number of thioether (sulfide) groups is 1. The molecule has 3 amide bonds. The van der Waals surface area contributed by atoms with Crippen LogP contribution in [0.1, 0.15) is 26.3 Å². The third-order valence-corrected chi connectivity index (χ3v) is 7.22. The van der Waals surface area contributed by atoms with E-state index in [1.54, 1.807) is 13.8 Å². The number of anilines is 1. The molecule has 0 radical (unpaired) electrons. The van der Waals surface area contributed by atoms with E-state index in [-0.39, 0.29) is 32.0 Å². The van der Waals surface area contributed by atoms with E-state index in [0.29, 0.717) is 23.0 Å². The van der Waals surface area contributed by atoms with Gasteiger partial charge in [0, 0.05) is 12.6 Å². The Kier molecular flexibility index (Phi) is 8.59. The van der Waals surface area contributed by atoms with Gasteiger partial charge in [0.1, 0.15) is 11.4 Å². The molecule has 2 aromatic rings. The summed E-state index contributed by atoms with van der Waals surface area (Å²) in [5.41, 5.74) is 0.926. The summed E-state index contributed by atoms with van der Waals surface area (Å²) < 4.78 is 35.8. The second-order valence-electron chi connectivity index (χ2n) is 7.74.